The molecule has 0 fully saturated rings. The van der Waals surface area contributed by atoms with Crippen molar-refractivity contribution in [3.8, 4) is 0 Å². The number of rotatable bonds is 6. The van der Waals surface area contributed by atoms with Gasteiger partial charge in [0.1, 0.15) is 0 Å². The summed E-state index contributed by atoms with van der Waals surface area (Å²) in [5.41, 5.74) is 1.04. The zero-order valence-electron chi connectivity index (χ0n) is 10.4. The Hall–Kier alpha value is -0.310. The quantitative estimate of drug-likeness (QED) is 0.732. The molecule has 94 valence electrons. The lowest BCUT2D eigenvalue weighted by Crippen LogP contribution is -2.14. The van der Waals surface area contributed by atoms with Crippen molar-refractivity contribution in [2.45, 2.75) is 39.5 Å². The summed E-state index contributed by atoms with van der Waals surface area (Å²) in [4.78, 5) is 0. The summed E-state index contributed by atoms with van der Waals surface area (Å²) in [6.45, 7) is 4.51. The Morgan fingerprint density at radius 1 is 1.19 bits per heavy atom. The molecule has 0 spiro atoms. The van der Waals surface area contributed by atoms with Crippen molar-refractivity contribution in [1.82, 2.24) is 5.32 Å². The van der Waals surface area contributed by atoms with E-state index in [2.05, 4.69) is 5.32 Å². The van der Waals surface area contributed by atoms with Crippen LogP contribution in [0.15, 0.2) is 11.0 Å². The molecule has 0 bridgehead atoms. The van der Waals surface area contributed by atoms with Crippen LogP contribution >= 0.6 is 7.60 Å². The lowest BCUT2D eigenvalue weighted by Gasteiger charge is -2.26. The van der Waals surface area contributed by atoms with Crippen LogP contribution in [0.4, 0.5) is 0 Å². The van der Waals surface area contributed by atoms with Crippen molar-refractivity contribution in [2.75, 3.05) is 20.3 Å². The SMILES string of the molecule is CCOP(=O)(OCC)C1=C(NC)CCCC1. The molecule has 0 atom stereocenters. The molecular weight excluding hydrogens is 225 g/mol. The van der Waals surface area contributed by atoms with Gasteiger partial charge in [0, 0.05) is 12.7 Å². The van der Waals surface area contributed by atoms with Crippen molar-refractivity contribution in [2.24, 2.45) is 0 Å². The molecule has 1 rings (SSSR count). The average Bonchev–Trinajstić information content (AvgIpc) is 2.29. The maximum atomic E-state index is 12.6. The number of hydrogen-bond acceptors (Lipinski definition) is 4. The Morgan fingerprint density at radius 3 is 2.25 bits per heavy atom. The fourth-order valence-corrected chi connectivity index (χ4v) is 4.05. The first-order valence-corrected chi connectivity index (χ1v) is 7.51. The van der Waals surface area contributed by atoms with Crippen LogP contribution in [0.25, 0.3) is 0 Å². The van der Waals surface area contributed by atoms with Crippen LogP contribution in [0, 0.1) is 0 Å². The molecule has 1 aliphatic carbocycles. The molecule has 0 aromatic carbocycles. The molecule has 0 saturated heterocycles. The molecule has 0 aromatic rings. The van der Waals surface area contributed by atoms with E-state index in [0.717, 1.165) is 36.7 Å². The van der Waals surface area contributed by atoms with Crippen LogP contribution in [0.5, 0.6) is 0 Å². The number of nitrogens with one attached hydrogen (secondary N) is 1. The van der Waals surface area contributed by atoms with E-state index in [1.54, 1.807) is 0 Å². The molecule has 1 aliphatic rings. The van der Waals surface area contributed by atoms with Crippen molar-refractivity contribution in [1.29, 1.82) is 0 Å². The Bertz CT molecular complexity index is 292. The van der Waals surface area contributed by atoms with E-state index >= 15 is 0 Å². The largest absolute Gasteiger partial charge is 0.391 e. The molecule has 0 saturated carbocycles. The van der Waals surface area contributed by atoms with Crippen LogP contribution in [0.2, 0.25) is 0 Å². The van der Waals surface area contributed by atoms with Gasteiger partial charge in [-0.1, -0.05) is 0 Å². The highest BCUT2D eigenvalue weighted by molar-refractivity contribution is 7.58. The Morgan fingerprint density at radius 2 is 1.75 bits per heavy atom. The second kappa shape index (κ2) is 6.43. The van der Waals surface area contributed by atoms with Gasteiger partial charge in [-0.05, 0) is 39.5 Å². The van der Waals surface area contributed by atoms with Gasteiger partial charge in [0.25, 0.3) is 0 Å². The normalized spacial score (nSPS) is 17.7. The first kappa shape index (κ1) is 13.8. The molecular formula is C11H22NO3P. The van der Waals surface area contributed by atoms with Crippen molar-refractivity contribution >= 4 is 7.60 Å². The third-order valence-electron chi connectivity index (χ3n) is 2.67. The fraction of sp³-hybridized carbons (Fsp3) is 0.818. The lowest BCUT2D eigenvalue weighted by molar-refractivity contribution is 0.224. The topological polar surface area (TPSA) is 47.6 Å². The predicted octanol–water partition coefficient (Wildman–Crippen LogP) is 3.26. The summed E-state index contributed by atoms with van der Waals surface area (Å²) in [5.74, 6) is 0. The van der Waals surface area contributed by atoms with Crippen molar-refractivity contribution in [3.63, 3.8) is 0 Å². The molecule has 0 aliphatic heterocycles. The second-order valence-corrected chi connectivity index (χ2v) is 5.77. The van der Waals surface area contributed by atoms with Crippen LogP contribution in [-0.4, -0.2) is 20.3 Å². The van der Waals surface area contributed by atoms with E-state index in [-0.39, 0.29) is 0 Å². The van der Waals surface area contributed by atoms with Crippen LogP contribution in [0.1, 0.15) is 39.5 Å². The molecule has 0 unspecified atom stereocenters. The standard InChI is InChI=1S/C11H22NO3P/c1-4-14-16(13,15-5-2)11-9-7-6-8-10(11)12-3/h12H,4-9H2,1-3H3. The lowest BCUT2D eigenvalue weighted by atomic mass is 10.0. The van der Waals surface area contributed by atoms with Crippen molar-refractivity contribution in [3.05, 3.63) is 11.0 Å². The molecule has 0 aromatic heterocycles. The first-order chi connectivity index (χ1) is 7.68. The Kier molecular flexibility index (Phi) is 5.53. The zero-order chi connectivity index (χ0) is 12.0. The summed E-state index contributed by atoms with van der Waals surface area (Å²) < 4.78 is 23.3. The molecule has 0 amide bonds. The highest BCUT2D eigenvalue weighted by Gasteiger charge is 2.33. The van der Waals surface area contributed by atoms with Crippen LogP contribution in [0.3, 0.4) is 0 Å². The molecule has 1 N–H and O–H groups in total. The van der Waals surface area contributed by atoms with E-state index in [0.29, 0.717) is 13.2 Å². The first-order valence-electron chi connectivity index (χ1n) is 5.97. The van der Waals surface area contributed by atoms with Crippen molar-refractivity contribution < 1.29 is 13.6 Å². The minimum Gasteiger partial charge on any atom is -0.391 e. The summed E-state index contributed by atoms with van der Waals surface area (Å²) >= 11 is 0. The van der Waals surface area contributed by atoms with Gasteiger partial charge in [-0.25, -0.2) is 0 Å². The van der Waals surface area contributed by atoms with E-state index in [1.807, 2.05) is 20.9 Å². The molecule has 0 heterocycles. The van der Waals surface area contributed by atoms with E-state index in [9.17, 15) is 4.57 Å². The zero-order valence-corrected chi connectivity index (χ0v) is 11.3. The van der Waals surface area contributed by atoms with Crippen LogP contribution in [-0.2, 0) is 13.6 Å². The molecule has 16 heavy (non-hydrogen) atoms. The average molecular weight is 247 g/mol. The van der Waals surface area contributed by atoms with E-state index < -0.39 is 7.60 Å². The van der Waals surface area contributed by atoms with Gasteiger partial charge in [0.05, 0.1) is 18.5 Å². The van der Waals surface area contributed by atoms with E-state index in [4.69, 9.17) is 9.05 Å². The highest BCUT2D eigenvalue weighted by Crippen LogP contribution is 2.59. The maximum Gasteiger partial charge on any atom is 0.359 e. The smallest absolute Gasteiger partial charge is 0.359 e. The van der Waals surface area contributed by atoms with Gasteiger partial charge in [0.15, 0.2) is 0 Å². The van der Waals surface area contributed by atoms with E-state index in [1.165, 1.54) is 0 Å². The highest BCUT2D eigenvalue weighted by atomic mass is 31.2. The third kappa shape index (κ3) is 3.09. The number of hydrogen-bond donors (Lipinski definition) is 1. The minimum atomic E-state index is -3.05. The summed E-state index contributed by atoms with van der Waals surface area (Å²) in [7, 11) is -1.19. The van der Waals surface area contributed by atoms with Gasteiger partial charge in [-0.3, -0.25) is 4.57 Å². The monoisotopic (exact) mass is 247 g/mol. The summed E-state index contributed by atoms with van der Waals surface area (Å²) in [6.07, 6.45) is 3.95. The van der Waals surface area contributed by atoms with Gasteiger partial charge in [0.2, 0.25) is 0 Å². The second-order valence-electron chi connectivity index (χ2n) is 3.72. The predicted molar refractivity (Wildman–Crippen MR) is 65.4 cm³/mol. The van der Waals surface area contributed by atoms with Gasteiger partial charge in [-0.15, -0.1) is 0 Å². The maximum absolute atomic E-state index is 12.6. The Balaban J connectivity index is 2.99. The van der Waals surface area contributed by atoms with Gasteiger partial charge < -0.3 is 14.4 Å². The molecule has 0 radical (unpaired) electrons. The van der Waals surface area contributed by atoms with Crippen LogP contribution < -0.4 is 5.32 Å². The summed E-state index contributed by atoms with van der Waals surface area (Å²) in [6, 6.07) is 0. The molecule has 5 heteroatoms. The fourth-order valence-electron chi connectivity index (χ4n) is 1.99. The van der Waals surface area contributed by atoms with Gasteiger partial charge in [-0.2, -0.15) is 0 Å². The Labute approximate surface area is 97.9 Å². The third-order valence-corrected chi connectivity index (χ3v) is 5.02. The minimum absolute atomic E-state index is 0.414. The number of allylic oxidation sites excluding steroid dienone is 2. The summed E-state index contributed by atoms with van der Waals surface area (Å²) in [5, 5.41) is 3.98. The van der Waals surface area contributed by atoms with Gasteiger partial charge >= 0.3 is 7.60 Å². The molecule has 4 nitrogen and oxygen atoms in total.